The van der Waals surface area contributed by atoms with E-state index < -0.39 is 5.97 Å². The normalized spacial score (nSPS) is 10.2. The first-order valence-corrected chi connectivity index (χ1v) is 7.54. The first kappa shape index (κ1) is 17.3. The van der Waals surface area contributed by atoms with E-state index in [0.717, 1.165) is 5.56 Å². The van der Waals surface area contributed by atoms with Crippen LogP contribution in [0, 0.1) is 6.92 Å². The molecule has 0 saturated carbocycles. The molecule has 0 aromatic heterocycles. The number of ether oxygens (including phenoxy) is 2. The van der Waals surface area contributed by atoms with Gasteiger partial charge in [0.1, 0.15) is 5.75 Å². The molecule has 0 spiro atoms. The summed E-state index contributed by atoms with van der Waals surface area (Å²) in [5.41, 5.74) is 1.42. The van der Waals surface area contributed by atoms with E-state index in [-0.39, 0.29) is 24.0 Å². The molecule has 120 valence electrons. The molecule has 23 heavy (non-hydrogen) atoms. The molecule has 2 aromatic rings. The monoisotopic (exact) mass is 352 g/mol. The van der Waals surface area contributed by atoms with E-state index >= 15 is 0 Å². The highest BCUT2D eigenvalue weighted by Crippen LogP contribution is 2.22. The third kappa shape index (κ3) is 5.27. The van der Waals surface area contributed by atoms with Crippen molar-refractivity contribution in [2.24, 2.45) is 0 Å². The number of carbonyl (C=O) groups excluding carboxylic acids is 2. The first-order valence-electron chi connectivity index (χ1n) is 6.79. The lowest BCUT2D eigenvalue weighted by atomic mass is 10.1. The predicted octanol–water partition coefficient (Wildman–Crippen LogP) is 4.11. The van der Waals surface area contributed by atoms with Crippen molar-refractivity contribution in [3.63, 3.8) is 0 Å². The average Bonchev–Trinajstić information content (AvgIpc) is 2.54. The van der Waals surface area contributed by atoms with Gasteiger partial charge in [-0.3, -0.25) is 4.79 Å². The molecular formula is C17H14Cl2O4. The van der Waals surface area contributed by atoms with Crippen molar-refractivity contribution >= 4 is 35.0 Å². The van der Waals surface area contributed by atoms with Crippen molar-refractivity contribution in [2.45, 2.75) is 6.92 Å². The zero-order valence-electron chi connectivity index (χ0n) is 12.3. The topological polar surface area (TPSA) is 52.6 Å². The number of rotatable bonds is 6. The quantitative estimate of drug-likeness (QED) is 0.579. The van der Waals surface area contributed by atoms with Gasteiger partial charge in [-0.2, -0.15) is 0 Å². The molecule has 0 amide bonds. The van der Waals surface area contributed by atoms with Crippen LogP contribution in [0.2, 0.25) is 10.0 Å². The number of hydrogen-bond acceptors (Lipinski definition) is 4. The van der Waals surface area contributed by atoms with E-state index in [2.05, 4.69) is 0 Å². The zero-order chi connectivity index (χ0) is 16.8. The molecule has 0 bridgehead atoms. The van der Waals surface area contributed by atoms with Gasteiger partial charge in [-0.15, -0.1) is 0 Å². The van der Waals surface area contributed by atoms with Crippen LogP contribution in [0.1, 0.15) is 15.9 Å². The van der Waals surface area contributed by atoms with E-state index in [4.69, 9.17) is 32.7 Å². The lowest BCUT2D eigenvalue weighted by Gasteiger charge is -2.07. The Hall–Kier alpha value is -2.04. The van der Waals surface area contributed by atoms with Crippen LogP contribution in [0.15, 0.2) is 42.5 Å². The van der Waals surface area contributed by atoms with Gasteiger partial charge < -0.3 is 9.47 Å². The molecule has 6 heteroatoms. The van der Waals surface area contributed by atoms with Crippen LogP contribution in [-0.2, 0) is 9.53 Å². The highest BCUT2D eigenvalue weighted by atomic mass is 35.5. The maximum Gasteiger partial charge on any atom is 0.344 e. The molecule has 0 radical (unpaired) electrons. The maximum atomic E-state index is 11.9. The minimum absolute atomic E-state index is 0.266. The van der Waals surface area contributed by atoms with Crippen molar-refractivity contribution in [1.29, 1.82) is 0 Å². The molecule has 0 aliphatic heterocycles. The zero-order valence-corrected chi connectivity index (χ0v) is 13.9. The molecule has 2 rings (SSSR count). The van der Waals surface area contributed by atoms with Crippen LogP contribution in [0.25, 0.3) is 0 Å². The van der Waals surface area contributed by atoms with Gasteiger partial charge in [0.05, 0.1) is 10.0 Å². The smallest absolute Gasteiger partial charge is 0.344 e. The summed E-state index contributed by atoms with van der Waals surface area (Å²) in [5, 5.41) is 0.623. The molecule has 0 unspecified atom stereocenters. The number of aryl methyl sites for hydroxylation is 1. The number of hydrogen-bond donors (Lipinski definition) is 0. The van der Waals surface area contributed by atoms with Crippen molar-refractivity contribution in [3.8, 4) is 5.75 Å². The second-order valence-electron chi connectivity index (χ2n) is 4.81. The van der Waals surface area contributed by atoms with Gasteiger partial charge in [0, 0.05) is 5.56 Å². The summed E-state index contributed by atoms with van der Waals surface area (Å²) in [7, 11) is 0. The lowest BCUT2D eigenvalue weighted by molar-refractivity contribution is -0.144. The Bertz CT molecular complexity index is 711. The highest BCUT2D eigenvalue weighted by molar-refractivity contribution is 6.42. The van der Waals surface area contributed by atoms with Crippen LogP contribution < -0.4 is 4.74 Å². The SMILES string of the molecule is Cc1ccc(OCC(=O)OCC(=O)c2ccc(Cl)c(Cl)c2)cc1. The number of ketones is 1. The fraction of sp³-hybridized carbons (Fsp3) is 0.176. The molecule has 0 heterocycles. The Balaban J connectivity index is 1.80. The summed E-state index contributed by atoms with van der Waals surface area (Å²) in [6, 6.07) is 11.7. The van der Waals surface area contributed by atoms with Gasteiger partial charge in [-0.1, -0.05) is 40.9 Å². The Morgan fingerprint density at radius 2 is 1.65 bits per heavy atom. The number of esters is 1. The largest absolute Gasteiger partial charge is 0.482 e. The summed E-state index contributed by atoms with van der Waals surface area (Å²) in [5.74, 6) is -0.436. The summed E-state index contributed by atoms with van der Waals surface area (Å²) >= 11 is 11.6. The Morgan fingerprint density at radius 3 is 2.30 bits per heavy atom. The number of benzene rings is 2. The van der Waals surface area contributed by atoms with Crippen LogP contribution in [0.3, 0.4) is 0 Å². The Morgan fingerprint density at radius 1 is 0.957 bits per heavy atom. The fourth-order valence-electron chi connectivity index (χ4n) is 1.72. The summed E-state index contributed by atoms with van der Waals surface area (Å²) in [4.78, 5) is 23.5. The maximum absolute atomic E-state index is 11.9. The molecule has 2 aromatic carbocycles. The van der Waals surface area contributed by atoms with Gasteiger partial charge >= 0.3 is 5.97 Å². The van der Waals surface area contributed by atoms with E-state index in [1.54, 1.807) is 12.1 Å². The second kappa shape index (κ2) is 7.99. The minimum Gasteiger partial charge on any atom is -0.482 e. The van der Waals surface area contributed by atoms with Gasteiger partial charge in [0.15, 0.2) is 19.0 Å². The van der Waals surface area contributed by atoms with Crippen molar-refractivity contribution in [1.82, 2.24) is 0 Å². The van der Waals surface area contributed by atoms with Crippen molar-refractivity contribution < 1.29 is 19.1 Å². The van der Waals surface area contributed by atoms with Crippen molar-refractivity contribution in [2.75, 3.05) is 13.2 Å². The number of carbonyl (C=O) groups is 2. The molecule has 0 aliphatic carbocycles. The van der Waals surface area contributed by atoms with E-state index in [1.165, 1.54) is 18.2 Å². The highest BCUT2D eigenvalue weighted by Gasteiger charge is 2.12. The molecule has 0 N–H and O–H groups in total. The van der Waals surface area contributed by atoms with Crippen LogP contribution in [0.5, 0.6) is 5.75 Å². The fourth-order valence-corrected chi connectivity index (χ4v) is 2.02. The second-order valence-corrected chi connectivity index (χ2v) is 5.63. The number of halogens is 2. The lowest BCUT2D eigenvalue weighted by Crippen LogP contribution is -2.19. The van der Waals surface area contributed by atoms with Crippen molar-refractivity contribution in [3.05, 3.63) is 63.6 Å². The Labute approximate surface area is 143 Å². The molecule has 4 nitrogen and oxygen atoms in total. The van der Waals surface area contributed by atoms with Crippen LogP contribution in [-0.4, -0.2) is 25.0 Å². The molecule has 0 saturated heterocycles. The third-order valence-electron chi connectivity index (χ3n) is 2.98. The molecular weight excluding hydrogens is 339 g/mol. The first-order chi connectivity index (χ1) is 11.0. The summed E-state index contributed by atoms with van der Waals surface area (Å²) < 4.78 is 10.2. The average molecular weight is 353 g/mol. The summed E-state index contributed by atoms with van der Waals surface area (Å²) in [6.45, 7) is 1.30. The molecule has 0 atom stereocenters. The predicted molar refractivity (Wildman–Crippen MR) is 88.4 cm³/mol. The third-order valence-corrected chi connectivity index (χ3v) is 3.72. The van der Waals surface area contributed by atoms with Gasteiger partial charge in [0.2, 0.25) is 0 Å². The van der Waals surface area contributed by atoms with E-state index in [9.17, 15) is 9.59 Å². The van der Waals surface area contributed by atoms with Gasteiger partial charge in [-0.25, -0.2) is 4.79 Å². The Kier molecular flexibility index (Phi) is 6.02. The minimum atomic E-state index is -0.626. The molecule has 0 aliphatic rings. The van der Waals surface area contributed by atoms with E-state index in [1.807, 2.05) is 19.1 Å². The van der Waals surface area contributed by atoms with E-state index in [0.29, 0.717) is 16.3 Å². The van der Waals surface area contributed by atoms with Crippen LogP contribution >= 0.6 is 23.2 Å². The molecule has 0 fully saturated rings. The van der Waals surface area contributed by atoms with Crippen LogP contribution in [0.4, 0.5) is 0 Å². The van der Waals surface area contributed by atoms with Gasteiger partial charge in [0.25, 0.3) is 0 Å². The standard InChI is InChI=1S/C17H14Cl2O4/c1-11-2-5-13(6-3-11)22-10-17(21)23-9-16(20)12-4-7-14(18)15(19)8-12/h2-8H,9-10H2,1H3. The van der Waals surface area contributed by atoms with Gasteiger partial charge in [-0.05, 0) is 37.3 Å². The number of Topliss-reactive ketones (excluding diaryl/α,β-unsaturated/α-hetero) is 1. The summed E-state index contributed by atoms with van der Waals surface area (Å²) in [6.07, 6.45) is 0.